The fourth-order valence-corrected chi connectivity index (χ4v) is 1.47. The number of ether oxygens (including phenoxy) is 1. The van der Waals surface area contributed by atoms with Crippen molar-refractivity contribution in [3.05, 3.63) is 53.2 Å². The number of aromatic nitrogens is 1. The maximum absolute atomic E-state index is 5.79. The standard InChI is InChI=1S/C13H13ClN2O/c1-9(15)10-2-7-13(16-8-10)17-12-5-3-11(14)4-6-12/h2-9H,15H2,1H3. The van der Waals surface area contributed by atoms with Gasteiger partial charge in [-0.3, -0.25) is 0 Å². The van der Waals surface area contributed by atoms with E-state index >= 15 is 0 Å². The summed E-state index contributed by atoms with van der Waals surface area (Å²) in [7, 11) is 0. The normalized spacial score (nSPS) is 12.2. The van der Waals surface area contributed by atoms with Crippen molar-refractivity contribution in [2.45, 2.75) is 13.0 Å². The molecule has 1 heterocycles. The van der Waals surface area contributed by atoms with Gasteiger partial charge in [-0.25, -0.2) is 4.98 Å². The first kappa shape index (κ1) is 11.9. The summed E-state index contributed by atoms with van der Waals surface area (Å²) in [4.78, 5) is 4.18. The van der Waals surface area contributed by atoms with Gasteiger partial charge in [-0.05, 0) is 36.8 Å². The molecule has 3 nitrogen and oxygen atoms in total. The van der Waals surface area contributed by atoms with Crippen LogP contribution in [0.3, 0.4) is 0 Å². The summed E-state index contributed by atoms with van der Waals surface area (Å²) in [6.07, 6.45) is 1.72. The van der Waals surface area contributed by atoms with E-state index in [1.54, 1.807) is 36.5 Å². The SMILES string of the molecule is CC(N)c1ccc(Oc2ccc(Cl)cc2)nc1. The Morgan fingerprint density at radius 2 is 1.88 bits per heavy atom. The molecule has 1 unspecified atom stereocenters. The maximum atomic E-state index is 5.79. The Morgan fingerprint density at radius 1 is 1.18 bits per heavy atom. The van der Waals surface area contributed by atoms with Gasteiger partial charge in [0.05, 0.1) is 0 Å². The predicted molar refractivity (Wildman–Crippen MR) is 68.4 cm³/mol. The first-order valence-corrected chi connectivity index (χ1v) is 5.68. The lowest BCUT2D eigenvalue weighted by Crippen LogP contribution is -2.05. The zero-order chi connectivity index (χ0) is 12.3. The van der Waals surface area contributed by atoms with Crippen LogP contribution >= 0.6 is 11.6 Å². The van der Waals surface area contributed by atoms with Gasteiger partial charge in [0.25, 0.3) is 0 Å². The predicted octanol–water partition coefficient (Wildman–Crippen LogP) is 3.55. The highest BCUT2D eigenvalue weighted by molar-refractivity contribution is 6.30. The van der Waals surface area contributed by atoms with Gasteiger partial charge in [0.2, 0.25) is 5.88 Å². The highest BCUT2D eigenvalue weighted by Crippen LogP contribution is 2.22. The van der Waals surface area contributed by atoms with E-state index in [2.05, 4.69) is 4.98 Å². The van der Waals surface area contributed by atoms with Crippen LogP contribution in [0.1, 0.15) is 18.5 Å². The number of halogens is 1. The molecule has 0 spiro atoms. The van der Waals surface area contributed by atoms with Crippen molar-refractivity contribution in [1.29, 1.82) is 0 Å². The van der Waals surface area contributed by atoms with E-state index in [0.29, 0.717) is 16.7 Å². The fraction of sp³-hybridized carbons (Fsp3) is 0.154. The Morgan fingerprint density at radius 3 is 2.41 bits per heavy atom. The Kier molecular flexibility index (Phi) is 3.61. The van der Waals surface area contributed by atoms with Crippen LogP contribution in [0.2, 0.25) is 5.02 Å². The van der Waals surface area contributed by atoms with Crippen molar-refractivity contribution < 1.29 is 4.74 Å². The van der Waals surface area contributed by atoms with Crippen LogP contribution in [-0.4, -0.2) is 4.98 Å². The highest BCUT2D eigenvalue weighted by Gasteiger charge is 2.02. The van der Waals surface area contributed by atoms with Gasteiger partial charge in [-0.1, -0.05) is 17.7 Å². The van der Waals surface area contributed by atoms with Crippen molar-refractivity contribution in [2.24, 2.45) is 5.73 Å². The van der Waals surface area contributed by atoms with Crippen LogP contribution in [0.4, 0.5) is 0 Å². The molecule has 88 valence electrons. The van der Waals surface area contributed by atoms with E-state index in [1.807, 2.05) is 13.0 Å². The molecule has 4 heteroatoms. The molecule has 1 aromatic heterocycles. The maximum Gasteiger partial charge on any atom is 0.219 e. The van der Waals surface area contributed by atoms with Gasteiger partial charge in [0.1, 0.15) is 5.75 Å². The van der Waals surface area contributed by atoms with Crippen molar-refractivity contribution in [1.82, 2.24) is 4.98 Å². The number of hydrogen-bond acceptors (Lipinski definition) is 3. The third-order valence-electron chi connectivity index (χ3n) is 2.32. The Hall–Kier alpha value is -1.58. The minimum Gasteiger partial charge on any atom is -0.439 e. The van der Waals surface area contributed by atoms with Crippen molar-refractivity contribution >= 4 is 11.6 Å². The minimum absolute atomic E-state index is 0.0212. The fourth-order valence-electron chi connectivity index (χ4n) is 1.34. The lowest BCUT2D eigenvalue weighted by molar-refractivity contribution is 0.462. The molecule has 0 aliphatic carbocycles. The molecule has 0 aliphatic heterocycles. The molecule has 1 atom stereocenters. The monoisotopic (exact) mass is 248 g/mol. The second kappa shape index (κ2) is 5.17. The lowest BCUT2D eigenvalue weighted by atomic mass is 10.2. The molecule has 0 aliphatic rings. The zero-order valence-electron chi connectivity index (χ0n) is 9.43. The molecule has 0 saturated heterocycles. The number of benzene rings is 1. The molecule has 2 aromatic rings. The summed E-state index contributed by atoms with van der Waals surface area (Å²) in [6.45, 7) is 1.91. The molecule has 2 rings (SSSR count). The molecule has 0 radical (unpaired) electrons. The summed E-state index contributed by atoms with van der Waals surface area (Å²) in [5, 5.41) is 0.678. The Balaban J connectivity index is 2.11. The quantitative estimate of drug-likeness (QED) is 0.904. The Bertz CT molecular complexity index is 480. The Labute approximate surface area is 105 Å². The lowest BCUT2D eigenvalue weighted by Gasteiger charge is -2.07. The van der Waals surface area contributed by atoms with E-state index in [0.717, 1.165) is 5.56 Å². The molecule has 0 fully saturated rings. The van der Waals surface area contributed by atoms with E-state index in [1.165, 1.54) is 0 Å². The van der Waals surface area contributed by atoms with Gasteiger partial charge in [-0.2, -0.15) is 0 Å². The van der Waals surface area contributed by atoms with Crippen LogP contribution in [0.15, 0.2) is 42.6 Å². The van der Waals surface area contributed by atoms with Crippen LogP contribution < -0.4 is 10.5 Å². The molecular weight excluding hydrogens is 236 g/mol. The summed E-state index contributed by atoms with van der Waals surface area (Å²) in [5.41, 5.74) is 6.72. The van der Waals surface area contributed by atoms with E-state index in [-0.39, 0.29) is 6.04 Å². The van der Waals surface area contributed by atoms with Gasteiger partial charge >= 0.3 is 0 Å². The summed E-state index contributed by atoms with van der Waals surface area (Å²) in [6, 6.07) is 10.8. The minimum atomic E-state index is -0.0212. The molecule has 0 saturated carbocycles. The topological polar surface area (TPSA) is 48.1 Å². The number of nitrogens with two attached hydrogens (primary N) is 1. The van der Waals surface area contributed by atoms with Crippen molar-refractivity contribution in [2.75, 3.05) is 0 Å². The second-order valence-corrected chi connectivity index (χ2v) is 4.21. The smallest absolute Gasteiger partial charge is 0.219 e. The van der Waals surface area contributed by atoms with Crippen molar-refractivity contribution in [3.8, 4) is 11.6 Å². The van der Waals surface area contributed by atoms with Crippen LogP contribution in [-0.2, 0) is 0 Å². The van der Waals surface area contributed by atoms with Gasteiger partial charge in [0.15, 0.2) is 0 Å². The molecular formula is C13H13ClN2O. The summed E-state index contributed by atoms with van der Waals surface area (Å²) in [5.74, 6) is 1.24. The average Bonchev–Trinajstić information content (AvgIpc) is 2.33. The first-order valence-electron chi connectivity index (χ1n) is 5.30. The van der Waals surface area contributed by atoms with Gasteiger partial charge in [0, 0.05) is 23.3 Å². The number of hydrogen-bond donors (Lipinski definition) is 1. The van der Waals surface area contributed by atoms with Crippen molar-refractivity contribution in [3.63, 3.8) is 0 Å². The summed E-state index contributed by atoms with van der Waals surface area (Å²) >= 11 is 5.79. The summed E-state index contributed by atoms with van der Waals surface area (Å²) < 4.78 is 5.56. The third kappa shape index (κ3) is 3.19. The van der Waals surface area contributed by atoms with Crippen LogP contribution in [0, 0.1) is 0 Å². The number of nitrogens with zero attached hydrogens (tertiary/aromatic N) is 1. The second-order valence-electron chi connectivity index (χ2n) is 3.77. The number of rotatable bonds is 3. The molecule has 0 amide bonds. The molecule has 17 heavy (non-hydrogen) atoms. The van der Waals surface area contributed by atoms with Gasteiger partial charge < -0.3 is 10.5 Å². The van der Waals surface area contributed by atoms with Crippen LogP contribution in [0.25, 0.3) is 0 Å². The zero-order valence-corrected chi connectivity index (χ0v) is 10.2. The van der Waals surface area contributed by atoms with E-state index in [9.17, 15) is 0 Å². The molecule has 0 bridgehead atoms. The highest BCUT2D eigenvalue weighted by atomic mass is 35.5. The third-order valence-corrected chi connectivity index (χ3v) is 2.57. The average molecular weight is 249 g/mol. The molecule has 1 aromatic carbocycles. The first-order chi connectivity index (χ1) is 8.15. The van der Waals surface area contributed by atoms with E-state index < -0.39 is 0 Å². The van der Waals surface area contributed by atoms with E-state index in [4.69, 9.17) is 22.1 Å². The van der Waals surface area contributed by atoms with Crippen LogP contribution in [0.5, 0.6) is 11.6 Å². The van der Waals surface area contributed by atoms with Gasteiger partial charge in [-0.15, -0.1) is 0 Å². The largest absolute Gasteiger partial charge is 0.439 e. The number of pyridine rings is 1. The molecule has 2 N–H and O–H groups in total.